The molecular weight excluding hydrogens is 186 g/mol. The highest BCUT2D eigenvalue weighted by Gasteiger charge is 2.02. The van der Waals surface area contributed by atoms with Gasteiger partial charge in [-0.05, 0) is 47.5 Å². The molecule has 0 saturated carbocycles. The van der Waals surface area contributed by atoms with Crippen molar-refractivity contribution >= 4 is 5.52 Å². The summed E-state index contributed by atoms with van der Waals surface area (Å²) in [6.45, 7) is 0. The Labute approximate surface area is 86.8 Å². The van der Waals surface area contributed by atoms with Gasteiger partial charge >= 0.3 is 0 Å². The smallest absolute Gasteiger partial charge is 0.179 e. The molecule has 0 radical (unpaired) electrons. The van der Waals surface area contributed by atoms with Crippen LogP contribution in [0.1, 0.15) is 0 Å². The van der Waals surface area contributed by atoms with Crippen LogP contribution in [0.4, 0.5) is 0 Å². The molecule has 2 heterocycles. The van der Waals surface area contributed by atoms with Gasteiger partial charge in [0.25, 0.3) is 0 Å². The molecule has 0 fully saturated rings. The Hall–Kier alpha value is -2.09. The van der Waals surface area contributed by atoms with E-state index >= 15 is 0 Å². The maximum atomic E-state index is 11.2. The first-order valence-electron chi connectivity index (χ1n) is 4.84. The summed E-state index contributed by atoms with van der Waals surface area (Å²) in [6.07, 6.45) is 4.03. The second-order valence-electron chi connectivity index (χ2n) is 3.60. The molecule has 2 heteroatoms. The molecule has 0 bridgehead atoms. The van der Waals surface area contributed by atoms with E-state index in [2.05, 4.69) is 0 Å². The highest BCUT2D eigenvalue weighted by molar-refractivity contribution is 5.70. The lowest BCUT2D eigenvalue weighted by Gasteiger charge is -2.08. The average molecular weight is 195 g/mol. The van der Waals surface area contributed by atoms with Crippen molar-refractivity contribution in [1.82, 2.24) is 4.40 Å². The highest BCUT2D eigenvalue weighted by Crippen LogP contribution is 2.21. The predicted molar refractivity (Wildman–Crippen MR) is 60.3 cm³/mol. The molecule has 0 spiro atoms. The third-order valence-corrected chi connectivity index (χ3v) is 2.56. The molecular formula is C13H9NO. The first kappa shape index (κ1) is 8.24. The zero-order valence-corrected chi connectivity index (χ0v) is 8.05. The van der Waals surface area contributed by atoms with Crippen molar-refractivity contribution in [2.75, 3.05) is 0 Å². The normalized spacial score (nSPS) is 10.9. The van der Waals surface area contributed by atoms with Gasteiger partial charge in [0.05, 0.1) is 0 Å². The van der Waals surface area contributed by atoms with Crippen LogP contribution in [-0.4, -0.2) is 4.40 Å². The Bertz CT molecular complexity index is 654. The van der Waals surface area contributed by atoms with Gasteiger partial charge in [0.15, 0.2) is 5.43 Å². The Morgan fingerprint density at radius 1 is 0.933 bits per heavy atom. The van der Waals surface area contributed by atoms with Gasteiger partial charge in [-0.2, -0.15) is 0 Å². The molecule has 0 unspecified atom stereocenters. The predicted octanol–water partition coefficient (Wildman–Crippen LogP) is 2.40. The fraction of sp³-hybridized carbons (Fsp3) is 0. The van der Waals surface area contributed by atoms with Gasteiger partial charge in [-0.3, -0.25) is 4.79 Å². The van der Waals surface area contributed by atoms with E-state index in [1.807, 2.05) is 47.1 Å². The van der Waals surface area contributed by atoms with Crippen LogP contribution in [-0.2, 0) is 0 Å². The maximum Gasteiger partial charge on any atom is 0.179 e. The number of pyridine rings is 2. The number of aromatic nitrogens is 1. The first-order valence-corrected chi connectivity index (χ1v) is 4.84. The maximum absolute atomic E-state index is 11.2. The fourth-order valence-electron chi connectivity index (χ4n) is 1.81. The Balaban J connectivity index is 2.49. The molecule has 1 aromatic rings. The molecule has 15 heavy (non-hydrogen) atoms. The number of nitrogens with zero attached hydrogens (tertiary/aromatic N) is 1. The molecule has 0 aromatic carbocycles. The van der Waals surface area contributed by atoms with Gasteiger partial charge in [-0.15, -0.1) is 0 Å². The molecule has 3 rings (SSSR count). The van der Waals surface area contributed by atoms with E-state index in [1.54, 1.807) is 12.1 Å². The van der Waals surface area contributed by atoms with Gasteiger partial charge in [-0.1, -0.05) is 6.07 Å². The summed E-state index contributed by atoms with van der Waals surface area (Å²) in [5.41, 5.74) is 3.23. The lowest BCUT2D eigenvalue weighted by Crippen LogP contribution is -1.99. The van der Waals surface area contributed by atoms with Crippen molar-refractivity contribution in [1.29, 1.82) is 0 Å². The zero-order chi connectivity index (χ0) is 10.3. The zero-order valence-electron chi connectivity index (χ0n) is 8.05. The third kappa shape index (κ3) is 1.31. The van der Waals surface area contributed by atoms with Crippen molar-refractivity contribution in [3.63, 3.8) is 0 Å². The molecule has 0 atom stereocenters. The number of rotatable bonds is 0. The van der Waals surface area contributed by atoms with E-state index < -0.39 is 0 Å². The summed E-state index contributed by atoms with van der Waals surface area (Å²) in [4.78, 5) is 11.2. The molecule has 0 amide bonds. The fourth-order valence-corrected chi connectivity index (χ4v) is 1.81. The van der Waals surface area contributed by atoms with Gasteiger partial charge in [0.2, 0.25) is 0 Å². The van der Waals surface area contributed by atoms with Gasteiger partial charge < -0.3 is 4.40 Å². The lowest BCUT2D eigenvalue weighted by atomic mass is 10.1. The van der Waals surface area contributed by atoms with Gasteiger partial charge in [-0.25, -0.2) is 0 Å². The summed E-state index contributed by atoms with van der Waals surface area (Å²) < 4.78 is 2.05. The van der Waals surface area contributed by atoms with Crippen LogP contribution in [0.25, 0.3) is 16.6 Å². The van der Waals surface area contributed by atoms with E-state index in [0.29, 0.717) is 0 Å². The number of hydrogen-bond acceptors (Lipinski definition) is 1. The molecule has 2 nitrogen and oxygen atoms in total. The third-order valence-electron chi connectivity index (χ3n) is 2.56. The van der Waals surface area contributed by atoms with Crippen molar-refractivity contribution in [3.05, 3.63) is 65.1 Å². The van der Waals surface area contributed by atoms with E-state index in [-0.39, 0.29) is 5.43 Å². The van der Waals surface area contributed by atoms with Crippen LogP contribution in [0.3, 0.4) is 0 Å². The summed E-state index contributed by atoms with van der Waals surface area (Å²) in [5.74, 6) is 0. The second-order valence-corrected chi connectivity index (χ2v) is 3.60. The number of hydrogen-bond donors (Lipinski definition) is 0. The monoisotopic (exact) mass is 195 g/mol. The summed E-state index contributed by atoms with van der Waals surface area (Å²) in [7, 11) is 0. The van der Waals surface area contributed by atoms with Crippen LogP contribution in [0.15, 0.2) is 59.7 Å². The van der Waals surface area contributed by atoms with E-state index in [4.69, 9.17) is 0 Å². The summed E-state index contributed by atoms with van der Waals surface area (Å²) in [5, 5.41) is 0. The number of benzene rings is 1. The SMILES string of the molecule is O=c1ccc2cn3ccccc3cc-2c1. The standard InChI is InChI=1S/C13H9NO/c15-13-5-4-10-9-14-6-2-1-3-12(14)7-11(10)8-13/h1-9H. The molecule has 1 aromatic heterocycles. The molecule has 1 aliphatic heterocycles. The van der Waals surface area contributed by atoms with Crippen molar-refractivity contribution in [2.24, 2.45) is 0 Å². The lowest BCUT2D eigenvalue weighted by molar-refractivity contribution is 1.16. The average Bonchev–Trinajstić information content (AvgIpc) is 2.26. The van der Waals surface area contributed by atoms with Gasteiger partial charge in [0.1, 0.15) is 0 Å². The first-order chi connectivity index (χ1) is 7.33. The highest BCUT2D eigenvalue weighted by atomic mass is 16.1. The van der Waals surface area contributed by atoms with Crippen LogP contribution >= 0.6 is 0 Å². The Morgan fingerprint density at radius 2 is 1.87 bits per heavy atom. The largest absolute Gasteiger partial charge is 0.323 e. The van der Waals surface area contributed by atoms with Crippen molar-refractivity contribution in [3.8, 4) is 11.1 Å². The van der Waals surface area contributed by atoms with E-state index in [9.17, 15) is 4.79 Å². The minimum Gasteiger partial charge on any atom is -0.323 e. The van der Waals surface area contributed by atoms with Crippen LogP contribution in [0.2, 0.25) is 0 Å². The van der Waals surface area contributed by atoms with E-state index in [0.717, 1.165) is 16.6 Å². The van der Waals surface area contributed by atoms with Crippen LogP contribution in [0.5, 0.6) is 0 Å². The van der Waals surface area contributed by atoms with Gasteiger partial charge in [0, 0.05) is 17.9 Å². The van der Waals surface area contributed by atoms with Crippen LogP contribution < -0.4 is 5.43 Å². The Morgan fingerprint density at radius 3 is 2.80 bits per heavy atom. The quantitative estimate of drug-likeness (QED) is 0.505. The molecule has 72 valence electrons. The summed E-state index contributed by atoms with van der Waals surface area (Å²) in [6, 6.07) is 13.1. The minimum absolute atomic E-state index is 0.0581. The number of fused-ring (bicyclic) bond motifs is 2. The molecule has 1 aliphatic carbocycles. The van der Waals surface area contributed by atoms with Crippen molar-refractivity contribution in [2.45, 2.75) is 0 Å². The van der Waals surface area contributed by atoms with Crippen molar-refractivity contribution < 1.29 is 0 Å². The molecule has 0 saturated heterocycles. The summed E-state index contributed by atoms with van der Waals surface area (Å²) >= 11 is 0. The topological polar surface area (TPSA) is 21.5 Å². The van der Waals surface area contributed by atoms with E-state index in [1.165, 1.54) is 0 Å². The molecule has 2 aliphatic rings. The molecule has 0 N–H and O–H groups in total. The Kier molecular flexibility index (Phi) is 1.62. The van der Waals surface area contributed by atoms with Crippen LogP contribution in [0, 0.1) is 0 Å². The second kappa shape index (κ2) is 2.95. The minimum atomic E-state index is 0.0581.